The molecule has 160 valence electrons. The molecule has 1 aromatic heterocycles. The number of rotatable bonds is 7. The van der Waals surface area contributed by atoms with Crippen LogP contribution in [0, 0.1) is 0 Å². The molecule has 1 fully saturated rings. The molecule has 1 atom stereocenters. The number of ether oxygens (including phenoxy) is 1. The highest BCUT2D eigenvalue weighted by atomic mass is 32.2. The molecule has 7 heteroatoms. The second-order valence-electron chi connectivity index (χ2n) is 7.78. The quantitative estimate of drug-likeness (QED) is 0.690. The third kappa shape index (κ3) is 4.42. The summed E-state index contributed by atoms with van der Waals surface area (Å²) in [6, 6.07) is 8.41. The Labute approximate surface area is 182 Å². The zero-order chi connectivity index (χ0) is 20.9. The number of carbonyl (C=O) groups is 1. The molecule has 1 aliphatic heterocycles. The van der Waals surface area contributed by atoms with E-state index in [1.165, 1.54) is 5.69 Å². The van der Waals surface area contributed by atoms with Crippen molar-refractivity contribution in [3.8, 4) is 5.75 Å². The number of nitrogens with zero attached hydrogens (tertiary/aromatic N) is 3. The average molecular weight is 427 g/mol. The fraction of sp³-hybridized carbons (Fsp3) is 0.478. The zero-order valence-electron chi connectivity index (χ0n) is 17.6. The third-order valence-electron chi connectivity index (χ3n) is 5.92. The van der Waals surface area contributed by atoms with Gasteiger partial charge in [0.1, 0.15) is 5.75 Å². The molecule has 1 aromatic carbocycles. The highest BCUT2D eigenvalue weighted by Gasteiger charge is 2.31. The molecule has 1 N–H and O–H groups in total. The number of hydrogen-bond acceptors (Lipinski definition) is 5. The zero-order valence-corrected chi connectivity index (χ0v) is 18.4. The van der Waals surface area contributed by atoms with Crippen molar-refractivity contribution in [2.45, 2.75) is 38.4 Å². The molecule has 2 heterocycles. The molecule has 0 radical (unpaired) electrons. The SMILES string of the molecule is C=CCn1nc(C(=O)N2CCSCC2)c2c1CC[C@@H](NCc1ccccc1OC)C2. The molecule has 0 spiro atoms. The normalized spacial score (nSPS) is 18.7. The van der Waals surface area contributed by atoms with Crippen LogP contribution in [0.5, 0.6) is 5.75 Å². The van der Waals surface area contributed by atoms with E-state index < -0.39 is 0 Å². The number of benzene rings is 1. The lowest BCUT2D eigenvalue weighted by Crippen LogP contribution is -2.39. The number of fused-ring (bicyclic) bond motifs is 1. The summed E-state index contributed by atoms with van der Waals surface area (Å²) in [4.78, 5) is 15.2. The van der Waals surface area contributed by atoms with E-state index >= 15 is 0 Å². The minimum Gasteiger partial charge on any atom is -0.496 e. The lowest BCUT2D eigenvalue weighted by Gasteiger charge is -2.27. The predicted octanol–water partition coefficient (Wildman–Crippen LogP) is 2.91. The van der Waals surface area contributed by atoms with Gasteiger partial charge in [0, 0.05) is 54.0 Å². The van der Waals surface area contributed by atoms with Gasteiger partial charge in [0.15, 0.2) is 5.69 Å². The molecule has 2 aromatic rings. The largest absolute Gasteiger partial charge is 0.496 e. The van der Waals surface area contributed by atoms with E-state index in [-0.39, 0.29) is 5.91 Å². The maximum atomic E-state index is 13.2. The van der Waals surface area contributed by atoms with Crippen molar-refractivity contribution >= 4 is 17.7 Å². The Hall–Kier alpha value is -2.25. The van der Waals surface area contributed by atoms with Crippen LogP contribution in [0.4, 0.5) is 0 Å². The summed E-state index contributed by atoms with van der Waals surface area (Å²) >= 11 is 1.91. The second kappa shape index (κ2) is 9.71. The first-order chi connectivity index (χ1) is 14.7. The van der Waals surface area contributed by atoms with Gasteiger partial charge in [0.25, 0.3) is 5.91 Å². The van der Waals surface area contributed by atoms with Gasteiger partial charge in [-0.15, -0.1) is 6.58 Å². The molecular formula is C23H30N4O2S. The average Bonchev–Trinajstić information content (AvgIpc) is 3.16. The highest BCUT2D eigenvalue weighted by Crippen LogP contribution is 2.27. The highest BCUT2D eigenvalue weighted by molar-refractivity contribution is 7.99. The van der Waals surface area contributed by atoms with Crippen LogP contribution in [-0.4, -0.2) is 58.3 Å². The number of thioether (sulfide) groups is 1. The number of para-hydroxylation sites is 1. The number of carbonyl (C=O) groups excluding carboxylic acids is 1. The lowest BCUT2D eigenvalue weighted by molar-refractivity contribution is 0.0764. The van der Waals surface area contributed by atoms with E-state index in [1.807, 2.05) is 45.6 Å². The van der Waals surface area contributed by atoms with Crippen molar-refractivity contribution in [3.05, 3.63) is 59.4 Å². The smallest absolute Gasteiger partial charge is 0.274 e. The number of aromatic nitrogens is 2. The number of amides is 1. The van der Waals surface area contributed by atoms with E-state index in [0.717, 1.165) is 67.3 Å². The van der Waals surface area contributed by atoms with Crippen LogP contribution in [0.15, 0.2) is 36.9 Å². The topological polar surface area (TPSA) is 59.4 Å². The van der Waals surface area contributed by atoms with E-state index in [4.69, 9.17) is 9.84 Å². The van der Waals surface area contributed by atoms with Crippen LogP contribution in [0.2, 0.25) is 0 Å². The Kier molecular flexibility index (Phi) is 6.79. The minimum absolute atomic E-state index is 0.0831. The molecule has 30 heavy (non-hydrogen) atoms. The number of nitrogens with one attached hydrogen (secondary N) is 1. The second-order valence-corrected chi connectivity index (χ2v) is 9.01. The van der Waals surface area contributed by atoms with Gasteiger partial charge in [-0.1, -0.05) is 24.3 Å². The predicted molar refractivity (Wildman–Crippen MR) is 121 cm³/mol. The summed E-state index contributed by atoms with van der Waals surface area (Å²) < 4.78 is 7.45. The molecule has 0 saturated carbocycles. The van der Waals surface area contributed by atoms with Crippen LogP contribution in [0.25, 0.3) is 0 Å². The van der Waals surface area contributed by atoms with E-state index in [1.54, 1.807) is 7.11 Å². The summed E-state index contributed by atoms with van der Waals surface area (Å²) in [6.07, 6.45) is 4.62. The maximum Gasteiger partial charge on any atom is 0.274 e. The molecular weight excluding hydrogens is 396 g/mol. The molecule has 0 bridgehead atoms. The van der Waals surface area contributed by atoms with Crippen molar-refractivity contribution in [3.63, 3.8) is 0 Å². The summed E-state index contributed by atoms with van der Waals surface area (Å²) in [5, 5.41) is 8.41. The summed E-state index contributed by atoms with van der Waals surface area (Å²) in [5.74, 6) is 2.99. The minimum atomic E-state index is 0.0831. The first-order valence-electron chi connectivity index (χ1n) is 10.6. The third-order valence-corrected chi connectivity index (χ3v) is 6.87. The molecule has 1 aliphatic carbocycles. The molecule has 6 nitrogen and oxygen atoms in total. The molecule has 1 saturated heterocycles. The van der Waals surface area contributed by atoms with Crippen molar-refractivity contribution in [2.24, 2.45) is 0 Å². The van der Waals surface area contributed by atoms with E-state index in [2.05, 4.69) is 18.0 Å². The Balaban J connectivity index is 1.52. The lowest BCUT2D eigenvalue weighted by atomic mass is 9.90. The van der Waals surface area contributed by atoms with E-state index in [0.29, 0.717) is 18.3 Å². The summed E-state index contributed by atoms with van der Waals surface area (Å²) in [6.45, 7) is 6.87. The van der Waals surface area contributed by atoms with Crippen molar-refractivity contribution < 1.29 is 9.53 Å². The first kappa shape index (κ1) is 21.0. The van der Waals surface area contributed by atoms with Crippen molar-refractivity contribution in [2.75, 3.05) is 31.7 Å². The van der Waals surface area contributed by atoms with Gasteiger partial charge in [0.05, 0.1) is 13.7 Å². The fourth-order valence-electron chi connectivity index (χ4n) is 4.33. The number of methoxy groups -OCH3 is 1. The molecule has 1 amide bonds. The van der Waals surface area contributed by atoms with Crippen LogP contribution >= 0.6 is 11.8 Å². The standard InChI is InChI=1S/C23H30N4O2S/c1-3-10-27-20-9-8-18(24-16-17-6-4-5-7-21(17)29-2)15-19(20)22(25-27)23(28)26-11-13-30-14-12-26/h3-7,18,24H,1,8-16H2,2H3/t18-/m1/s1. The Morgan fingerprint density at radius 3 is 2.93 bits per heavy atom. The van der Waals surface area contributed by atoms with Gasteiger partial charge in [-0.25, -0.2) is 0 Å². The van der Waals surface area contributed by atoms with Crippen LogP contribution in [-0.2, 0) is 25.9 Å². The molecule has 0 unspecified atom stereocenters. The Morgan fingerprint density at radius 2 is 2.17 bits per heavy atom. The Bertz CT molecular complexity index is 905. The van der Waals surface area contributed by atoms with Gasteiger partial charge >= 0.3 is 0 Å². The first-order valence-corrected chi connectivity index (χ1v) is 11.8. The van der Waals surface area contributed by atoms with Gasteiger partial charge in [-0.2, -0.15) is 16.9 Å². The fourth-order valence-corrected chi connectivity index (χ4v) is 5.23. The monoisotopic (exact) mass is 426 g/mol. The van der Waals surface area contributed by atoms with Gasteiger partial charge in [0.2, 0.25) is 0 Å². The Morgan fingerprint density at radius 1 is 1.37 bits per heavy atom. The number of hydrogen-bond donors (Lipinski definition) is 1. The van der Waals surface area contributed by atoms with E-state index in [9.17, 15) is 4.79 Å². The van der Waals surface area contributed by atoms with Crippen LogP contribution < -0.4 is 10.1 Å². The van der Waals surface area contributed by atoms with Gasteiger partial charge in [-0.3, -0.25) is 9.48 Å². The van der Waals surface area contributed by atoms with Crippen molar-refractivity contribution in [1.82, 2.24) is 20.0 Å². The number of allylic oxidation sites excluding steroid dienone is 1. The van der Waals surface area contributed by atoms with Crippen LogP contribution in [0.1, 0.15) is 33.7 Å². The summed E-state index contributed by atoms with van der Waals surface area (Å²) in [7, 11) is 1.71. The molecule has 4 rings (SSSR count). The van der Waals surface area contributed by atoms with Gasteiger partial charge < -0.3 is 15.0 Å². The van der Waals surface area contributed by atoms with Crippen molar-refractivity contribution in [1.29, 1.82) is 0 Å². The van der Waals surface area contributed by atoms with Gasteiger partial charge in [-0.05, 0) is 25.3 Å². The van der Waals surface area contributed by atoms with Crippen LogP contribution in [0.3, 0.4) is 0 Å². The molecule has 2 aliphatic rings. The maximum absolute atomic E-state index is 13.2. The summed E-state index contributed by atoms with van der Waals surface area (Å²) in [5.41, 5.74) is 4.10.